The lowest BCUT2D eigenvalue weighted by molar-refractivity contribution is -0.172. The Bertz CT molecular complexity index is 1080. The molecule has 2 heterocycles. The molecule has 4 amide bonds. The lowest BCUT2D eigenvalue weighted by atomic mass is 9.91. The van der Waals surface area contributed by atoms with Crippen molar-refractivity contribution in [3.8, 4) is 0 Å². The van der Waals surface area contributed by atoms with Gasteiger partial charge in [0.15, 0.2) is 6.10 Å². The minimum Gasteiger partial charge on any atom is -0.460 e. The van der Waals surface area contributed by atoms with Gasteiger partial charge in [-0.1, -0.05) is 6.42 Å². The Morgan fingerprint density at radius 1 is 0.848 bits per heavy atom. The van der Waals surface area contributed by atoms with Crippen LogP contribution in [0.1, 0.15) is 105 Å². The molecular formula is C33H54N4O9. The predicted octanol–water partition coefficient (Wildman–Crippen LogP) is 3.08. The van der Waals surface area contributed by atoms with E-state index in [1.165, 1.54) is 13.8 Å². The summed E-state index contributed by atoms with van der Waals surface area (Å²) in [5.74, 6) is -2.40. The summed E-state index contributed by atoms with van der Waals surface area (Å²) in [6.45, 7) is 10.1. The summed E-state index contributed by atoms with van der Waals surface area (Å²) in [5.41, 5.74) is -0.536. The Morgan fingerprint density at radius 2 is 1.52 bits per heavy atom. The molecule has 0 spiro atoms. The number of piperidine rings is 2. The first-order chi connectivity index (χ1) is 21.7. The molecule has 3 fully saturated rings. The van der Waals surface area contributed by atoms with Gasteiger partial charge in [-0.25, -0.2) is 14.4 Å². The lowest BCUT2D eigenvalue weighted by Crippen LogP contribution is -2.52. The highest BCUT2D eigenvalue weighted by Gasteiger charge is 2.33. The summed E-state index contributed by atoms with van der Waals surface area (Å²) in [5, 5.41) is 5.21. The number of nitrogens with one attached hydrogen (secondary N) is 2. The zero-order valence-corrected chi connectivity index (χ0v) is 28.3. The number of nitrogens with zero attached hydrogens (tertiary/aromatic N) is 2. The van der Waals surface area contributed by atoms with E-state index in [2.05, 4.69) is 10.6 Å². The first-order valence-electron chi connectivity index (χ1n) is 16.9. The first kappa shape index (κ1) is 37.1. The molecule has 3 aliphatic rings. The molecule has 1 aliphatic carbocycles. The lowest BCUT2D eigenvalue weighted by Gasteiger charge is -2.34. The van der Waals surface area contributed by atoms with Crippen LogP contribution in [0.3, 0.4) is 0 Å². The van der Waals surface area contributed by atoms with Crippen molar-refractivity contribution in [2.24, 2.45) is 11.8 Å². The highest BCUT2D eigenvalue weighted by molar-refractivity contribution is 5.87. The van der Waals surface area contributed by atoms with E-state index in [1.54, 1.807) is 9.80 Å². The van der Waals surface area contributed by atoms with Crippen molar-refractivity contribution in [1.29, 1.82) is 0 Å². The maximum absolute atomic E-state index is 13.1. The number of amides is 4. The number of likely N-dealkylation sites (tertiary alicyclic amines) is 2. The number of esters is 2. The van der Waals surface area contributed by atoms with E-state index in [4.69, 9.17) is 14.2 Å². The number of carbonyl (C=O) groups is 6. The fourth-order valence-corrected chi connectivity index (χ4v) is 6.17. The zero-order valence-electron chi connectivity index (χ0n) is 28.3. The number of carbonyl (C=O) groups excluding carboxylic acids is 6. The van der Waals surface area contributed by atoms with Crippen LogP contribution in [0.25, 0.3) is 0 Å². The third-order valence-electron chi connectivity index (χ3n) is 8.78. The van der Waals surface area contributed by atoms with E-state index in [9.17, 15) is 28.8 Å². The Morgan fingerprint density at radius 3 is 2.15 bits per heavy atom. The standard InChI is InChI=1S/C33H54N4O9/c1-22(30(41)45-26-11-7-6-8-12-26)44-31(42)27(35-23(2)38)20-34-29(40)25-10-9-17-37(21-25)28(39)14-13-24-15-18-36(19-16-24)32(43)46-33(3,4)5/h22,24-27H,6-21H2,1-5H3,(H,34,40)(H,35,38)/t22?,25-,27+/m1/s1. The smallest absolute Gasteiger partial charge is 0.410 e. The van der Waals surface area contributed by atoms with Crippen LogP contribution in [0.5, 0.6) is 0 Å². The Hall–Kier alpha value is -3.38. The molecule has 0 aromatic heterocycles. The van der Waals surface area contributed by atoms with E-state index >= 15 is 0 Å². The molecule has 0 aromatic carbocycles. The van der Waals surface area contributed by atoms with E-state index in [1.807, 2.05) is 20.8 Å². The van der Waals surface area contributed by atoms with Crippen LogP contribution in [-0.4, -0.2) is 102 Å². The largest absolute Gasteiger partial charge is 0.460 e. The summed E-state index contributed by atoms with van der Waals surface area (Å²) < 4.78 is 16.2. The molecule has 13 nitrogen and oxygen atoms in total. The predicted molar refractivity (Wildman–Crippen MR) is 168 cm³/mol. The highest BCUT2D eigenvalue weighted by Crippen LogP contribution is 2.25. The Labute approximate surface area is 272 Å². The maximum atomic E-state index is 13.1. The third kappa shape index (κ3) is 12.4. The second kappa shape index (κ2) is 17.5. The van der Waals surface area contributed by atoms with Gasteiger partial charge in [0.05, 0.1) is 5.92 Å². The van der Waals surface area contributed by atoms with Gasteiger partial charge in [-0.15, -0.1) is 0 Å². The monoisotopic (exact) mass is 650 g/mol. The van der Waals surface area contributed by atoms with Crippen LogP contribution in [0, 0.1) is 11.8 Å². The topological polar surface area (TPSA) is 161 Å². The molecule has 3 rings (SSSR count). The van der Waals surface area contributed by atoms with Crippen molar-refractivity contribution < 1.29 is 43.0 Å². The van der Waals surface area contributed by atoms with Crippen LogP contribution in [0.2, 0.25) is 0 Å². The van der Waals surface area contributed by atoms with E-state index in [-0.39, 0.29) is 37.1 Å². The van der Waals surface area contributed by atoms with E-state index in [0.717, 1.165) is 51.4 Å². The van der Waals surface area contributed by atoms with Crippen LogP contribution in [0.15, 0.2) is 0 Å². The minimum atomic E-state index is -1.19. The second-order valence-corrected chi connectivity index (χ2v) is 13.9. The van der Waals surface area contributed by atoms with Crippen molar-refractivity contribution in [1.82, 2.24) is 20.4 Å². The van der Waals surface area contributed by atoms with Crippen molar-refractivity contribution in [2.45, 2.75) is 129 Å². The van der Waals surface area contributed by atoms with Crippen molar-refractivity contribution in [3.05, 3.63) is 0 Å². The van der Waals surface area contributed by atoms with Gasteiger partial charge in [0.2, 0.25) is 17.7 Å². The van der Waals surface area contributed by atoms with Gasteiger partial charge in [-0.05, 0) is 91.4 Å². The summed E-state index contributed by atoms with van der Waals surface area (Å²) in [6, 6.07) is -1.19. The number of hydrogen-bond acceptors (Lipinski definition) is 9. The van der Waals surface area contributed by atoms with Gasteiger partial charge < -0.3 is 34.6 Å². The molecule has 2 saturated heterocycles. The van der Waals surface area contributed by atoms with Gasteiger partial charge in [-0.2, -0.15) is 0 Å². The van der Waals surface area contributed by atoms with Crippen molar-refractivity contribution in [3.63, 3.8) is 0 Å². The van der Waals surface area contributed by atoms with Gasteiger partial charge in [0.25, 0.3) is 0 Å². The highest BCUT2D eigenvalue weighted by atomic mass is 16.6. The fourth-order valence-electron chi connectivity index (χ4n) is 6.17. The van der Waals surface area contributed by atoms with Crippen LogP contribution >= 0.6 is 0 Å². The third-order valence-corrected chi connectivity index (χ3v) is 8.78. The van der Waals surface area contributed by atoms with Gasteiger partial charge in [-0.3, -0.25) is 14.4 Å². The van der Waals surface area contributed by atoms with Crippen molar-refractivity contribution in [2.75, 3.05) is 32.7 Å². The molecular weight excluding hydrogens is 596 g/mol. The number of rotatable bonds is 11. The zero-order chi connectivity index (χ0) is 33.9. The average molecular weight is 651 g/mol. The molecule has 46 heavy (non-hydrogen) atoms. The fraction of sp³-hybridized carbons (Fsp3) is 0.818. The number of hydrogen-bond donors (Lipinski definition) is 2. The number of ether oxygens (including phenoxy) is 3. The second-order valence-electron chi connectivity index (χ2n) is 13.9. The van der Waals surface area contributed by atoms with Crippen LogP contribution in [0.4, 0.5) is 4.79 Å². The van der Waals surface area contributed by atoms with E-state index in [0.29, 0.717) is 44.8 Å². The quantitative estimate of drug-likeness (QED) is 0.253. The van der Waals surface area contributed by atoms with Gasteiger partial charge in [0, 0.05) is 46.1 Å². The summed E-state index contributed by atoms with van der Waals surface area (Å²) in [6.07, 6.45) is 7.02. The molecule has 1 saturated carbocycles. The Balaban J connectivity index is 1.41. The normalized spacial score (nSPS) is 21.0. The molecule has 0 aromatic rings. The van der Waals surface area contributed by atoms with Gasteiger partial charge >= 0.3 is 18.0 Å². The minimum absolute atomic E-state index is 0.000808. The van der Waals surface area contributed by atoms with E-state index < -0.39 is 41.5 Å². The molecule has 2 aliphatic heterocycles. The summed E-state index contributed by atoms with van der Waals surface area (Å²) in [7, 11) is 0. The Kier molecular flexibility index (Phi) is 14.1. The summed E-state index contributed by atoms with van der Waals surface area (Å²) >= 11 is 0. The maximum Gasteiger partial charge on any atom is 0.410 e. The van der Waals surface area contributed by atoms with Crippen LogP contribution < -0.4 is 10.6 Å². The van der Waals surface area contributed by atoms with Crippen LogP contribution in [-0.2, 0) is 38.2 Å². The molecule has 0 radical (unpaired) electrons. The van der Waals surface area contributed by atoms with Gasteiger partial charge in [0.1, 0.15) is 17.7 Å². The average Bonchev–Trinajstić information content (AvgIpc) is 3.01. The molecule has 0 bridgehead atoms. The summed E-state index contributed by atoms with van der Waals surface area (Å²) in [4.78, 5) is 79.0. The molecule has 260 valence electrons. The molecule has 13 heteroatoms. The SMILES string of the molecule is CC(=O)N[C@@H](CNC(=O)[C@@H]1CCCN(C(=O)CCC2CCN(C(=O)OC(C)(C)C)CC2)C1)C(=O)OC(C)C(=O)OC1CCCCC1. The first-order valence-corrected chi connectivity index (χ1v) is 16.9. The molecule has 2 N–H and O–H groups in total. The molecule has 3 atom stereocenters. The molecule has 1 unspecified atom stereocenters. The van der Waals surface area contributed by atoms with Crippen molar-refractivity contribution >= 4 is 35.8 Å².